The highest BCUT2D eigenvalue weighted by Crippen LogP contribution is 2.15. The van der Waals surface area contributed by atoms with Crippen molar-refractivity contribution in [1.29, 1.82) is 0 Å². The van der Waals surface area contributed by atoms with E-state index in [1.165, 1.54) is 38.8 Å². The van der Waals surface area contributed by atoms with Crippen molar-refractivity contribution in [3.8, 4) is 5.75 Å². The van der Waals surface area contributed by atoms with Gasteiger partial charge in [0.05, 0.1) is 12.2 Å². The summed E-state index contributed by atoms with van der Waals surface area (Å²) in [7, 11) is 0. The van der Waals surface area contributed by atoms with E-state index >= 15 is 0 Å². The highest BCUT2D eigenvalue weighted by molar-refractivity contribution is 5.87. The van der Waals surface area contributed by atoms with E-state index in [1.807, 2.05) is 0 Å². The summed E-state index contributed by atoms with van der Waals surface area (Å²) in [5, 5.41) is 8.85. The zero-order chi connectivity index (χ0) is 15.1. The van der Waals surface area contributed by atoms with E-state index in [1.54, 1.807) is 24.3 Å². The van der Waals surface area contributed by atoms with Crippen LogP contribution in [0.15, 0.2) is 24.3 Å². The van der Waals surface area contributed by atoms with Crippen molar-refractivity contribution in [3.63, 3.8) is 0 Å². The van der Waals surface area contributed by atoms with Gasteiger partial charge in [0, 0.05) is 12.5 Å². The Kier molecular flexibility index (Phi) is 6.05. The summed E-state index contributed by atoms with van der Waals surface area (Å²) in [4.78, 5) is 13.3. The number of carboxylic acids is 1. The van der Waals surface area contributed by atoms with Crippen molar-refractivity contribution in [2.75, 3.05) is 26.2 Å². The van der Waals surface area contributed by atoms with E-state index in [2.05, 4.69) is 11.8 Å². The number of aromatic carboxylic acids is 1. The van der Waals surface area contributed by atoms with Gasteiger partial charge < -0.3 is 14.7 Å². The summed E-state index contributed by atoms with van der Waals surface area (Å²) in [5.41, 5.74) is 0.292. The number of carbonyl (C=O) groups is 1. The first-order chi connectivity index (χ1) is 10.1. The minimum Gasteiger partial charge on any atom is -0.493 e. The molecular weight excluding hydrogens is 266 g/mol. The maximum Gasteiger partial charge on any atom is 0.335 e. The second kappa shape index (κ2) is 8.03. The van der Waals surface area contributed by atoms with Crippen molar-refractivity contribution in [1.82, 2.24) is 4.90 Å². The molecule has 0 amide bonds. The van der Waals surface area contributed by atoms with E-state index in [-0.39, 0.29) is 0 Å². The maximum absolute atomic E-state index is 10.8. The van der Waals surface area contributed by atoms with Crippen LogP contribution in [0.5, 0.6) is 5.75 Å². The average molecular weight is 291 g/mol. The normalized spacial score (nSPS) is 18.0. The second-order valence-corrected chi connectivity index (χ2v) is 5.96. The van der Waals surface area contributed by atoms with Gasteiger partial charge in [-0.05, 0) is 50.2 Å². The summed E-state index contributed by atoms with van der Waals surface area (Å²) in [6.07, 6.45) is 5.34. The number of hydrogen-bond acceptors (Lipinski definition) is 3. The lowest BCUT2D eigenvalue weighted by Crippen LogP contribution is -2.31. The lowest BCUT2D eigenvalue weighted by molar-refractivity contribution is 0.0697. The first kappa shape index (κ1) is 15.8. The fourth-order valence-electron chi connectivity index (χ4n) is 2.74. The zero-order valence-electron chi connectivity index (χ0n) is 12.8. The van der Waals surface area contributed by atoms with E-state index in [0.29, 0.717) is 18.1 Å². The van der Waals surface area contributed by atoms with Gasteiger partial charge in [0.25, 0.3) is 0 Å². The molecule has 116 valence electrons. The third kappa shape index (κ3) is 5.38. The topological polar surface area (TPSA) is 49.8 Å². The van der Waals surface area contributed by atoms with Crippen LogP contribution in [0, 0.1) is 5.92 Å². The lowest BCUT2D eigenvalue weighted by atomic mass is 10.1. The van der Waals surface area contributed by atoms with Crippen LogP contribution in [0.2, 0.25) is 0 Å². The van der Waals surface area contributed by atoms with E-state index in [0.717, 1.165) is 12.3 Å². The molecule has 1 unspecified atom stereocenters. The Morgan fingerprint density at radius 1 is 1.19 bits per heavy atom. The standard InChI is InChI=1S/C17H25NO3/c1-14(12-18-10-4-2-3-5-11-18)13-21-16-8-6-15(7-9-16)17(19)20/h6-9,14H,2-5,10-13H2,1H3,(H,19,20). The van der Waals surface area contributed by atoms with Gasteiger partial charge in [0.15, 0.2) is 0 Å². The Balaban J connectivity index is 1.75. The van der Waals surface area contributed by atoms with Crippen molar-refractivity contribution in [2.24, 2.45) is 5.92 Å². The fourth-order valence-corrected chi connectivity index (χ4v) is 2.74. The Labute approximate surface area is 126 Å². The average Bonchev–Trinajstić information content (AvgIpc) is 2.74. The van der Waals surface area contributed by atoms with Gasteiger partial charge in [-0.1, -0.05) is 19.8 Å². The second-order valence-electron chi connectivity index (χ2n) is 5.96. The lowest BCUT2D eigenvalue weighted by Gasteiger charge is -2.24. The van der Waals surface area contributed by atoms with Gasteiger partial charge in [0.2, 0.25) is 0 Å². The molecule has 1 atom stereocenters. The Morgan fingerprint density at radius 3 is 2.38 bits per heavy atom. The molecular formula is C17H25NO3. The first-order valence-electron chi connectivity index (χ1n) is 7.83. The van der Waals surface area contributed by atoms with Crippen molar-refractivity contribution in [3.05, 3.63) is 29.8 Å². The molecule has 1 aliphatic heterocycles. The van der Waals surface area contributed by atoms with Crippen LogP contribution in [-0.4, -0.2) is 42.2 Å². The van der Waals surface area contributed by atoms with Crippen LogP contribution in [0.1, 0.15) is 43.0 Å². The fraction of sp³-hybridized carbons (Fsp3) is 0.588. The monoisotopic (exact) mass is 291 g/mol. The Bertz CT molecular complexity index is 436. The minimum absolute atomic E-state index is 0.292. The van der Waals surface area contributed by atoms with Gasteiger partial charge in [-0.2, -0.15) is 0 Å². The maximum atomic E-state index is 10.8. The molecule has 0 aliphatic carbocycles. The minimum atomic E-state index is -0.906. The molecule has 1 aromatic carbocycles. The number of ether oxygens (including phenoxy) is 1. The summed E-state index contributed by atoms with van der Waals surface area (Å²) >= 11 is 0. The van der Waals surface area contributed by atoms with Crippen molar-refractivity contribution < 1.29 is 14.6 Å². The van der Waals surface area contributed by atoms with Crippen LogP contribution in [0.3, 0.4) is 0 Å². The number of carboxylic acid groups (broad SMARTS) is 1. The van der Waals surface area contributed by atoms with Gasteiger partial charge in [0.1, 0.15) is 5.75 Å². The van der Waals surface area contributed by atoms with Crippen LogP contribution in [0.25, 0.3) is 0 Å². The third-order valence-electron chi connectivity index (χ3n) is 3.90. The smallest absolute Gasteiger partial charge is 0.335 e. The summed E-state index contributed by atoms with van der Waals surface area (Å²) in [6.45, 7) is 6.36. The SMILES string of the molecule is CC(COc1ccc(C(=O)O)cc1)CN1CCCCCC1. The summed E-state index contributed by atoms with van der Waals surface area (Å²) in [5.74, 6) is 0.307. The molecule has 1 fully saturated rings. The van der Waals surface area contributed by atoms with Crippen LogP contribution < -0.4 is 4.74 Å². The molecule has 21 heavy (non-hydrogen) atoms. The van der Waals surface area contributed by atoms with Gasteiger partial charge in [-0.3, -0.25) is 0 Å². The predicted molar refractivity (Wildman–Crippen MR) is 83.0 cm³/mol. The molecule has 4 heteroatoms. The number of benzene rings is 1. The first-order valence-corrected chi connectivity index (χ1v) is 7.83. The van der Waals surface area contributed by atoms with Crippen LogP contribution in [-0.2, 0) is 0 Å². The molecule has 0 radical (unpaired) electrons. The van der Waals surface area contributed by atoms with Crippen molar-refractivity contribution >= 4 is 5.97 Å². The summed E-state index contributed by atoms with van der Waals surface area (Å²) in [6, 6.07) is 6.61. The molecule has 1 aliphatic rings. The molecule has 0 aromatic heterocycles. The predicted octanol–water partition coefficient (Wildman–Crippen LogP) is 3.28. The van der Waals surface area contributed by atoms with E-state index < -0.39 is 5.97 Å². The van der Waals surface area contributed by atoms with Crippen LogP contribution >= 0.6 is 0 Å². The molecule has 2 rings (SSSR count). The number of hydrogen-bond donors (Lipinski definition) is 1. The molecule has 1 N–H and O–H groups in total. The van der Waals surface area contributed by atoms with E-state index in [4.69, 9.17) is 9.84 Å². The molecule has 0 saturated carbocycles. The zero-order valence-corrected chi connectivity index (χ0v) is 12.8. The number of likely N-dealkylation sites (tertiary alicyclic amines) is 1. The van der Waals surface area contributed by atoms with Gasteiger partial charge >= 0.3 is 5.97 Å². The van der Waals surface area contributed by atoms with E-state index in [9.17, 15) is 4.79 Å². The highest BCUT2D eigenvalue weighted by Gasteiger charge is 2.13. The quantitative estimate of drug-likeness (QED) is 0.874. The molecule has 0 spiro atoms. The molecule has 1 heterocycles. The number of nitrogens with zero attached hydrogens (tertiary/aromatic N) is 1. The number of rotatable bonds is 6. The van der Waals surface area contributed by atoms with Crippen LogP contribution in [0.4, 0.5) is 0 Å². The molecule has 4 nitrogen and oxygen atoms in total. The Morgan fingerprint density at radius 2 is 1.81 bits per heavy atom. The highest BCUT2D eigenvalue weighted by atomic mass is 16.5. The third-order valence-corrected chi connectivity index (χ3v) is 3.90. The Hall–Kier alpha value is -1.55. The van der Waals surface area contributed by atoms with Gasteiger partial charge in [-0.25, -0.2) is 4.79 Å². The molecule has 0 bridgehead atoms. The largest absolute Gasteiger partial charge is 0.493 e. The molecule has 1 saturated heterocycles. The summed E-state index contributed by atoms with van der Waals surface area (Å²) < 4.78 is 5.76. The van der Waals surface area contributed by atoms with Gasteiger partial charge in [-0.15, -0.1) is 0 Å². The van der Waals surface area contributed by atoms with Crippen molar-refractivity contribution in [2.45, 2.75) is 32.6 Å². The molecule has 1 aromatic rings.